The number of hydrogen-bond acceptors (Lipinski definition) is 6. The monoisotopic (exact) mass is 440 g/mol. The minimum atomic E-state index is -1.62. The van der Waals surface area contributed by atoms with Crippen LogP contribution < -0.4 is 14.9 Å². The molecule has 31 heavy (non-hydrogen) atoms. The van der Waals surface area contributed by atoms with Crippen LogP contribution in [0, 0.1) is 6.92 Å². The molecule has 2 aromatic carbocycles. The van der Waals surface area contributed by atoms with Crippen molar-refractivity contribution in [1.82, 2.24) is 20.1 Å². The molecule has 3 aromatic rings. The number of carbonyl (C=O) groups is 1. The third-order valence-electron chi connectivity index (χ3n) is 5.27. The van der Waals surface area contributed by atoms with Crippen molar-refractivity contribution in [2.24, 2.45) is 0 Å². The number of ether oxygens (including phenoxy) is 1. The van der Waals surface area contributed by atoms with Gasteiger partial charge in [-0.1, -0.05) is 18.2 Å². The van der Waals surface area contributed by atoms with Gasteiger partial charge in [0.2, 0.25) is 0 Å². The number of nitrogens with zero attached hydrogens (tertiary/aromatic N) is 2. The third kappa shape index (κ3) is 4.45. The molecule has 0 bridgehead atoms. The second-order valence-corrected chi connectivity index (χ2v) is 8.98. The number of carbonyl (C=O) groups excluding carboxylic acids is 1. The highest BCUT2D eigenvalue weighted by atomic mass is 32.2. The molecule has 1 fully saturated rings. The molecule has 2 heterocycles. The van der Waals surface area contributed by atoms with Gasteiger partial charge < -0.3 is 9.64 Å². The molecule has 162 valence electrons. The second-order valence-electron chi connectivity index (χ2n) is 7.77. The highest BCUT2D eigenvalue weighted by molar-refractivity contribution is 7.83. The quantitative estimate of drug-likeness (QED) is 0.383. The average molecular weight is 441 g/mol. The summed E-state index contributed by atoms with van der Waals surface area (Å²) in [6.45, 7) is 3.05. The summed E-state index contributed by atoms with van der Waals surface area (Å²) in [5.41, 5.74) is 3.48. The van der Waals surface area contributed by atoms with Crippen molar-refractivity contribution in [2.45, 2.75) is 24.0 Å². The van der Waals surface area contributed by atoms with Gasteiger partial charge in [0.25, 0.3) is 5.91 Å². The largest absolute Gasteiger partial charge is 0.489 e. The van der Waals surface area contributed by atoms with E-state index in [1.54, 1.807) is 29.7 Å². The van der Waals surface area contributed by atoms with Gasteiger partial charge in [0.15, 0.2) is 0 Å². The Morgan fingerprint density at radius 3 is 2.61 bits per heavy atom. The lowest BCUT2D eigenvalue weighted by Crippen LogP contribution is -2.74. The van der Waals surface area contributed by atoms with E-state index < -0.39 is 22.4 Å². The zero-order valence-corrected chi connectivity index (χ0v) is 18.1. The molecule has 0 radical (unpaired) electrons. The van der Waals surface area contributed by atoms with E-state index in [9.17, 15) is 9.00 Å². The van der Waals surface area contributed by atoms with Crippen molar-refractivity contribution in [3.63, 3.8) is 0 Å². The van der Waals surface area contributed by atoms with Gasteiger partial charge >= 0.3 is 0 Å². The molecule has 9 heteroatoms. The van der Waals surface area contributed by atoms with Crippen LogP contribution in [0.3, 0.4) is 0 Å². The Bertz CT molecular complexity index is 1130. The van der Waals surface area contributed by atoms with Crippen LogP contribution in [0.1, 0.15) is 11.3 Å². The predicted molar refractivity (Wildman–Crippen MR) is 117 cm³/mol. The van der Waals surface area contributed by atoms with Crippen LogP contribution in [-0.2, 0) is 22.4 Å². The van der Waals surface area contributed by atoms with Crippen molar-refractivity contribution in [3.8, 4) is 5.75 Å². The minimum Gasteiger partial charge on any atom is -0.489 e. The topological polar surface area (TPSA) is 104 Å². The summed E-state index contributed by atoms with van der Waals surface area (Å²) < 4.78 is 21.5. The summed E-state index contributed by atoms with van der Waals surface area (Å²) in [5, 5.41) is 10.0. The Morgan fingerprint density at radius 1 is 1.23 bits per heavy atom. The van der Waals surface area contributed by atoms with Crippen LogP contribution in [0.5, 0.6) is 5.75 Å². The number of aromatic nitrogens is 1. The number of fused-ring (bicyclic) bond motifs is 1. The number of pyridine rings is 1. The number of nitrogens with one attached hydrogen (secondary N) is 2. The molecule has 1 unspecified atom stereocenters. The molecule has 1 atom stereocenters. The molecule has 1 amide bonds. The van der Waals surface area contributed by atoms with Gasteiger partial charge in [-0.25, -0.2) is 14.4 Å². The fraction of sp³-hybridized carbons (Fsp3) is 0.273. The van der Waals surface area contributed by atoms with Gasteiger partial charge in [0.05, 0.1) is 10.4 Å². The molecule has 1 aliphatic heterocycles. The zero-order chi connectivity index (χ0) is 22.0. The van der Waals surface area contributed by atoms with Gasteiger partial charge in [-0.2, -0.15) is 0 Å². The first-order chi connectivity index (χ1) is 14.9. The van der Waals surface area contributed by atoms with Gasteiger partial charge in [0.1, 0.15) is 28.9 Å². The molecule has 0 spiro atoms. The minimum absolute atomic E-state index is 0.353. The smallest absolute Gasteiger partial charge is 0.267 e. The average Bonchev–Trinajstić information content (AvgIpc) is 2.75. The highest BCUT2D eigenvalue weighted by Gasteiger charge is 2.49. The number of para-hydroxylation sites is 1. The van der Waals surface area contributed by atoms with Gasteiger partial charge in [-0.05, 0) is 50.4 Å². The van der Waals surface area contributed by atoms with Crippen LogP contribution in [0.25, 0.3) is 10.9 Å². The van der Waals surface area contributed by atoms with Crippen molar-refractivity contribution in [1.29, 1.82) is 0 Å². The zero-order valence-electron chi connectivity index (χ0n) is 17.3. The molecule has 0 saturated carbocycles. The molecular formula is C22H24N4O4S. The molecule has 4 rings (SSSR count). The summed E-state index contributed by atoms with van der Waals surface area (Å²) in [6.07, 6.45) is 0. The summed E-state index contributed by atoms with van der Waals surface area (Å²) in [6, 6.07) is 16.8. The van der Waals surface area contributed by atoms with Crippen LogP contribution in [-0.4, -0.2) is 50.9 Å². The van der Waals surface area contributed by atoms with E-state index in [1.807, 2.05) is 49.2 Å². The van der Waals surface area contributed by atoms with E-state index in [2.05, 4.69) is 9.71 Å². The lowest BCUT2D eigenvalue weighted by atomic mass is 9.91. The highest BCUT2D eigenvalue weighted by Crippen LogP contribution is 2.24. The summed E-state index contributed by atoms with van der Waals surface area (Å²) in [7, 11) is 0.220. The Morgan fingerprint density at radius 2 is 1.94 bits per heavy atom. The number of rotatable bonds is 7. The summed E-state index contributed by atoms with van der Waals surface area (Å²) in [5.74, 6) is 0.0456. The van der Waals surface area contributed by atoms with Crippen molar-refractivity contribution in [3.05, 3.63) is 65.9 Å². The predicted octanol–water partition coefficient (Wildman–Crippen LogP) is 1.92. The van der Waals surface area contributed by atoms with Crippen LogP contribution in [0.15, 0.2) is 59.5 Å². The van der Waals surface area contributed by atoms with Crippen LogP contribution >= 0.6 is 0 Å². The van der Waals surface area contributed by atoms with E-state index in [1.165, 1.54) is 0 Å². The van der Waals surface area contributed by atoms with E-state index in [4.69, 9.17) is 9.94 Å². The number of hydroxylamine groups is 1. The fourth-order valence-electron chi connectivity index (χ4n) is 3.81. The van der Waals surface area contributed by atoms with Crippen LogP contribution in [0.2, 0.25) is 0 Å². The van der Waals surface area contributed by atoms with E-state index in [0.29, 0.717) is 30.3 Å². The lowest BCUT2D eigenvalue weighted by molar-refractivity contribution is -0.141. The lowest BCUT2D eigenvalue weighted by Gasteiger charge is -2.46. The Hall–Kier alpha value is -2.85. The Kier molecular flexibility index (Phi) is 6.01. The van der Waals surface area contributed by atoms with Crippen LogP contribution in [0.4, 0.5) is 0 Å². The van der Waals surface area contributed by atoms with Gasteiger partial charge in [-0.15, -0.1) is 0 Å². The Balaban J connectivity index is 1.43. The number of hydrogen-bond donors (Lipinski definition) is 3. The molecular weight excluding hydrogens is 416 g/mol. The molecule has 0 aliphatic carbocycles. The fourth-order valence-corrected chi connectivity index (χ4v) is 4.89. The maximum atomic E-state index is 12.7. The van der Waals surface area contributed by atoms with Crippen molar-refractivity contribution >= 4 is 27.8 Å². The van der Waals surface area contributed by atoms with Gasteiger partial charge in [-0.3, -0.25) is 15.0 Å². The maximum absolute atomic E-state index is 12.7. The van der Waals surface area contributed by atoms with E-state index in [0.717, 1.165) is 22.2 Å². The number of likely N-dealkylation sites (N-methyl/N-ethyl adjacent to an activating group) is 1. The standard InChI is InChI=1S/C22H24N4O4S/c1-15-11-16(19-5-3-4-6-20(19)23-15)12-30-17-7-9-18(10-8-17)31(29)25-22(21(27)24-28)13-26(2)14-22/h3-11,25,28H,12-14H2,1-2H3,(H,24,27). The number of aryl methyl sites for hydroxylation is 1. The SMILES string of the molecule is Cc1cc(COc2ccc(S(=O)NC3(C(=O)NO)CN(C)C3)cc2)c2ccccc2n1. The van der Waals surface area contributed by atoms with Gasteiger partial charge in [0, 0.05) is 29.7 Å². The van der Waals surface area contributed by atoms with E-state index in [-0.39, 0.29) is 0 Å². The molecule has 3 N–H and O–H groups in total. The normalized spacial score (nSPS) is 16.5. The first kappa shape index (κ1) is 21.4. The first-order valence-corrected chi connectivity index (χ1v) is 11.0. The molecule has 1 saturated heterocycles. The number of benzene rings is 2. The van der Waals surface area contributed by atoms with Crippen molar-refractivity contribution < 1.29 is 18.9 Å². The number of likely N-dealkylation sites (tertiary alicyclic amines) is 1. The molecule has 1 aromatic heterocycles. The second kappa shape index (κ2) is 8.72. The number of amides is 1. The molecule has 8 nitrogen and oxygen atoms in total. The summed E-state index contributed by atoms with van der Waals surface area (Å²) >= 11 is 0. The maximum Gasteiger partial charge on any atom is 0.267 e. The van der Waals surface area contributed by atoms with Crippen molar-refractivity contribution in [2.75, 3.05) is 20.1 Å². The first-order valence-electron chi connectivity index (χ1n) is 9.81. The third-order valence-corrected chi connectivity index (χ3v) is 6.54. The van der Waals surface area contributed by atoms with E-state index >= 15 is 0 Å². The summed E-state index contributed by atoms with van der Waals surface area (Å²) in [4.78, 5) is 19.0. The Labute approximate surface area is 182 Å². The molecule has 1 aliphatic rings.